The summed E-state index contributed by atoms with van der Waals surface area (Å²) in [5, 5.41) is 24.6. The SMILES string of the molecule is CC(NC(=O)N1CCN(S(=O)(=O)c2cccc([N+](=O)[O-])c2)CC1)c1cccc([N+](=O)[O-])c1. The van der Waals surface area contributed by atoms with Gasteiger partial charge in [-0.1, -0.05) is 18.2 Å². The number of nitrogens with one attached hydrogen (secondary N) is 1. The molecular weight excluding hydrogens is 442 g/mol. The molecule has 0 saturated carbocycles. The average molecular weight is 463 g/mol. The molecule has 1 aliphatic rings. The van der Waals surface area contributed by atoms with Gasteiger partial charge in [0, 0.05) is 50.4 Å². The van der Waals surface area contributed by atoms with Crippen LogP contribution in [0.1, 0.15) is 18.5 Å². The molecule has 12 nitrogen and oxygen atoms in total. The lowest BCUT2D eigenvalue weighted by molar-refractivity contribution is -0.385. The maximum atomic E-state index is 12.8. The number of amides is 2. The summed E-state index contributed by atoms with van der Waals surface area (Å²) < 4.78 is 26.8. The first-order chi connectivity index (χ1) is 15.1. The molecule has 0 spiro atoms. The van der Waals surface area contributed by atoms with Gasteiger partial charge in [0.25, 0.3) is 11.4 Å². The number of urea groups is 1. The topological polar surface area (TPSA) is 156 Å². The number of carbonyl (C=O) groups excluding carboxylic acids is 1. The molecule has 3 rings (SSSR count). The number of non-ortho nitro benzene ring substituents is 2. The third-order valence-electron chi connectivity index (χ3n) is 5.11. The number of piperazine rings is 1. The highest BCUT2D eigenvalue weighted by Crippen LogP contribution is 2.23. The van der Waals surface area contributed by atoms with Crippen LogP contribution in [-0.4, -0.2) is 59.7 Å². The predicted molar refractivity (Wildman–Crippen MR) is 113 cm³/mol. The van der Waals surface area contributed by atoms with Gasteiger partial charge in [-0.15, -0.1) is 0 Å². The van der Waals surface area contributed by atoms with Gasteiger partial charge in [-0.05, 0) is 18.6 Å². The highest BCUT2D eigenvalue weighted by molar-refractivity contribution is 7.89. The van der Waals surface area contributed by atoms with Gasteiger partial charge >= 0.3 is 6.03 Å². The van der Waals surface area contributed by atoms with Crippen LogP contribution in [-0.2, 0) is 10.0 Å². The van der Waals surface area contributed by atoms with E-state index in [4.69, 9.17) is 0 Å². The fourth-order valence-corrected chi connectivity index (χ4v) is 4.77. The molecule has 0 aromatic heterocycles. The molecule has 13 heteroatoms. The molecule has 1 aliphatic heterocycles. The van der Waals surface area contributed by atoms with Crippen molar-refractivity contribution in [3.05, 3.63) is 74.3 Å². The van der Waals surface area contributed by atoms with E-state index < -0.39 is 31.9 Å². The predicted octanol–water partition coefficient (Wildman–Crippen LogP) is 2.28. The van der Waals surface area contributed by atoms with E-state index >= 15 is 0 Å². The normalized spacial score (nSPS) is 15.7. The quantitative estimate of drug-likeness (QED) is 0.509. The summed E-state index contributed by atoms with van der Waals surface area (Å²) in [4.78, 5) is 34.5. The molecule has 170 valence electrons. The van der Waals surface area contributed by atoms with Crippen LogP contribution in [0.25, 0.3) is 0 Å². The molecule has 1 heterocycles. The van der Waals surface area contributed by atoms with E-state index in [9.17, 15) is 33.4 Å². The van der Waals surface area contributed by atoms with Gasteiger partial charge in [0.2, 0.25) is 10.0 Å². The van der Waals surface area contributed by atoms with Crippen molar-refractivity contribution < 1.29 is 23.1 Å². The zero-order chi connectivity index (χ0) is 23.5. The minimum Gasteiger partial charge on any atom is -0.331 e. The van der Waals surface area contributed by atoms with Crippen molar-refractivity contribution in [1.29, 1.82) is 0 Å². The number of sulfonamides is 1. The molecule has 1 unspecified atom stereocenters. The first-order valence-corrected chi connectivity index (χ1v) is 11.1. The van der Waals surface area contributed by atoms with E-state index in [1.807, 2.05) is 0 Å². The van der Waals surface area contributed by atoms with Gasteiger partial charge in [0.05, 0.1) is 20.8 Å². The molecule has 0 radical (unpaired) electrons. The summed E-state index contributed by atoms with van der Waals surface area (Å²) in [7, 11) is -3.94. The highest BCUT2D eigenvalue weighted by Gasteiger charge is 2.31. The fraction of sp³-hybridized carbons (Fsp3) is 0.316. The first-order valence-electron chi connectivity index (χ1n) is 9.64. The summed E-state index contributed by atoms with van der Waals surface area (Å²) in [6, 6.07) is 9.86. The Morgan fingerprint density at radius 1 is 0.969 bits per heavy atom. The Morgan fingerprint density at radius 2 is 1.53 bits per heavy atom. The van der Waals surface area contributed by atoms with Gasteiger partial charge in [-0.25, -0.2) is 13.2 Å². The van der Waals surface area contributed by atoms with Crippen molar-refractivity contribution >= 4 is 27.4 Å². The molecule has 2 amide bonds. The third kappa shape index (κ3) is 5.00. The Bertz CT molecular complexity index is 1150. The number of hydrogen-bond donors (Lipinski definition) is 1. The lowest BCUT2D eigenvalue weighted by atomic mass is 10.1. The molecule has 0 aliphatic carbocycles. The van der Waals surface area contributed by atoms with E-state index in [-0.39, 0.29) is 42.4 Å². The van der Waals surface area contributed by atoms with Crippen LogP contribution in [0.2, 0.25) is 0 Å². The monoisotopic (exact) mass is 463 g/mol. The summed E-state index contributed by atoms with van der Waals surface area (Å²) >= 11 is 0. The number of nitro groups is 2. The van der Waals surface area contributed by atoms with Crippen LogP contribution in [0.3, 0.4) is 0 Å². The van der Waals surface area contributed by atoms with Crippen LogP contribution in [0.15, 0.2) is 53.4 Å². The maximum Gasteiger partial charge on any atom is 0.317 e. The fourth-order valence-electron chi connectivity index (χ4n) is 3.31. The minimum atomic E-state index is -3.94. The van der Waals surface area contributed by atoms with Crippen LogP contribution < -0.4 is 5.32 Å². The van der Waals surface area contributed by atoms with E-state index in [1.165, 1.54) is 45.6 Å². The second-order valence-electron chi connectivity index (χ2n) is 7.17. The van der Waals surface area contributed by atoms with Crippen LogP contribution in [0.4, 0.5) is 16.2 Å². The van der Waals surface area contributed by atoms with Crippen LogP contribution in [0, 0.1) is 20.2 Å². The summed E-state index contributed by atoms with van der Waals surface area (Å²) in [5.41, 5.74) is 0.169. The molecule has 32 heavy (non-hydrogen) atoms. The second-order valence-corrected chi connectivity index (χ2v) is 9.11. The molecule has 2 aromatic carbocycles. The minimum absolute atomic E-state index is 0.0314. The number of nitrogens with zero attached hydrogens (tertiary/aromatic N) is 4. The molecule has 1 saturated heterocycles. The Balaban J connectivity index is 1.62. The zero-order valence-corrected chi connectivity index (χ0v) is 17.9. The van der Waals surface area contributed by atoms with Crippen molar-refractivity contribution in [2.24, 2.45) is 0 Å². The lowest BCUT2D eigenvalue weighted by Crippen LogP contribution is -2.53. The number of nitro benzene ring substituents is 2. The Morgan fingerprint density at radius 3 is 2.12 bits per heavy atom. The lowest BCUT2D eigenvalue weighted by Gasteiger charge is -2.34. The summed E-state index contributed by atoms with van der Waals surface area (Å²) in [6.07, 6.45) is 0. The standard InChI is InChI=1S/C19H21N5O7S/c1-14(15-4-2-5-16(12-15)23(26)27)20-19(25)21-8-10-22(11-9-21)32(30,31)18-7-3-6-17(13-18)24(28)29/h2-7,12-14H,8-11H2,1H3,(H,20,25). The van der Waals surface area contributed by atoms with Crippen molar-refractivity contribution in [2.75, 3.05) is 26.2 Å². The molecule has 1 N–H and O–H groups in total. The first kappa shape index (κ1) is 23.1. The van der Waals surface area contributed by atoms with Gasteiger partial charge in [-0.3, -0.25) is 20.2 Å². The van der Waals surface area contributed by atoms with Gasteiger partial charge < -0.3 is 10.2 Å². The summed E-state index contributed by atoms with van der Waals surface area (Å²) in [5.74, 6) is 0. The third-order valence-corrected chi connectivity index (χ3v) is 7.01. The summed E-state index contributed by atoms with van der Waals surface area (Å²) in [6.45, 7) is 2.01. The average Bonchev–Trinajstić information content (AvgIpc) is 2.79. The Hall–Kier alpha value is -3.58. The Labute approximate surface area is 183 Å². The van der Waals surface area contributed by atoms with E-state index in [0.717, 1.165) is 6.07 Å². The van der Waals surface area contributed by atoms with Crippen molar-refractivity contribution in [2.45, 2.75) is 17.9 Å². The second kappa shape index (κ2) is 9.28. The number of hydrogen-bond acceptors (Lipinski definition) is 7. The maximum absolute atomic E-state index is 12.8. The molecule has 0 bridgehead atoms. The molecular formula is C19H21N5O7S. The molecule has 1 fully saturated rings. The van der Waals surface area contributed by atoms with Crippen molar-refractivity contribution in [3.63, 3.8) is 0 Å². The van der Waals surface area contributed by atoms with Gasteiger partial charge in [0.15, 0.2) is 0 Å². The number of carbonyl (C=O) groups is 1. The smallest absolute Gasteiger partial charge is 0.317 e. The highest BCUT2D eigenvalue weighted by atomic mass is 32.2. The zero-order valence-electron chi connectivity index (χ0n) is 17.1. The molecule has 1 atom stereocenters. The van der Waals surface area contributed by atoms with E-state index in [1.54, 1.807) is 13.0 Å². The van der Waals surface area contributed by atoms with Gasteiger partial charge in [-0.2, -0.15) is 4.31 Å². The Kier molecular flexibility index (Phi) is 6.69. The van der Waals surface area contributed by atoms with E-state index in [0.29, 0.717) is 5.56 Å². The van der Waals surface area contributed by atoms with Crippen LogP contribution in [0.5, 0.6) is 0 Å². The van der Waals surface area contributed by atoms with Gasteiger partial charge in [0.1, 0.15) is 0 Å². The van der Waals surface area contributed by atoms with Crippen molar-refractivity contribution in [3.8, 4) is 0 Å². The van der Waals surface area contributed by atoms with Crippen molar-refractivity contribution in [1.82, 2.24) is 14.5 Å². The van der Waals surface area contributed by atoms with Crippen LogP contribution >= 0.6 is 0 Å². The van der Waals surface area contributed by atoms with E-state index in [2.05, 4.69) is 5.32 Å². The number of rotatable bonds is 6. The number of benzene rings is 2. The largest absolute Gasteiger partial charge is 0.331 e. The molecule has 2 aromatic rings.